The molecule has 2 heteroatoms. The maximum Gasteiger partial charge on any atom is 0.0322 e. The monoisotopic (exact) mass is 271 g/mol. The lowest BCUT2D eigenvalue weighted by Gasteiger charge is -2.53. The molecule has 0 aromatic rings. The predicted octanol–water partition coefficient (Wildman–Crippen LogP) is 4.62. The third-order valence-corrected chi connectivity index (χ3v) is 6.05. The Morgan fingerprint density at radius 2 is 2.00 bits per heavy atom. The van der Waals surface area contributed by atoms with Crippen LogP contribution in [-0.2, 0) is 0 Å². The van der Waals surface area contributed by atoms with Crippen LogP contribution in [0.1, 0.15) is 66.7 Å². The molecule has 4 atom stereocenters. The highest BCUT2D eigenvalue weighted by Gasteiger charge is 2.46. The Morgan fingerprint density at radius 1 is 1.39 bits per heavy atom. The van der Waals surface area contributed by atoms with Gasteiger partial charge in [0.2, 0.25) is 0 Å². The minimum Gasteiger partial charge on any atom is -0.300 e. The molecule has 1 rings (SSSR count). The summed E-state index contributed by atoms with van der Waals surface area (Å²) < 4.78 is 0.102. The molecule has 0 bridgehead atoms. The number of likely N-dealkylation sites (tertiary alicyclic amines) is 1. The van der Waals surface area contributed by atoms with Crippen molar-refractivity contribution in [1.29, 1.82) is 0 Å². The van der Waals surface area contributed by atoms with Gasteiger partial charge in [-0.1, -0.05) is 27.2 Å². The second-order valence-corrected chi connectivity index (χ2v) is 8.13. The summed E-state index contributed by atoms with van der Waals surface area (Å²) in [5.41, 5.74) is 0.209. The van der Waals surface area contributed by atoms with Crippen molar-refractivity contribution in [3.8, 4) is 0 Å². The summed E-state index contributed by atoms with van der Waals surface area (Å²) in [6, 6.07) is 0. The number of thiol groups is 1. The second kappa shape index (κ2) is 6.17. The second-order valence-electron chi connectivity index (χ2n) is 7.14. The van der Waals surface area contributed by atoms with Gasteiger partial charge in [-0.2, -0.15) is 12.6 Å². The minimum absolute atomic E-state index is 0.102. The Morgan fingerprint density at radius 3 is 2.56 bits per heavy atom. The lowest BCUT2D eigenvalue weighted by atomic mass is 9.72. The number of nitrogens with zero attached hydrogens (tertiary/aromatic N) is 1. The van der Waals surface area contributed by atoms with Gasteiger partial charge in [0.05, 0.1) is 0 Å². The molecule has 1 heterocycles. The first-order chi connectivity index (χ1) is 8.23. The Bertz CT molecular complexity index is 264. The SMILES string of the molecule is CCC(C)CC1(C)N(C)CCCC(C)CC1(C)S. The molecule has 0 aromatic heterocycles. The molecule has 0 radical (unpaired) electrons. The molecule has 0 N–H and O–H groups in total. The van der Waals surface area contributed by atoms with E-state index in [2.05, 4.69) is 46.6 Å². The van der Waals surface area contributed by atoms with Crippen molar-refractivity contribution in [3.05, 3.63) is 0 Å². The fourth-order valence-corrected chi connectivity index (χ4v) is 4.11. The van der Waals surface area contributed by atoms with Gasteiger partial charge in [0, 0.05) is 10.3 Å². The van der Waals surface area contributed by atoms with Gasteiger partial charge in [-0.05, 0) is 65.0 Å². The lowest BCUT2D eigenvalue weighted by Crippen LogP contribution is -2.59. The van der Waals surface area contributed by atoms with Crippen LogP contribution in [0.5, 0.6) is 0 Å². The molecular weight excluding hydrogens is 238 g/mol. The molecule has 0 amide bonds. The van der Waals surface area contributed by atoms with Crippen LogP contribution in [0.3, 0.4) is 0 Å². The molecule has 0 spiro atoms. The third kappa shape index (κ3) is 3.45. The van der Waals surface area contributed by atoms with E-state index in [-0.39, 0.29) is 10.3 Å². The summed E-state index contributed by atoms with van der Waals surface area (Å²) in [4.78, 5) is 2.58. The average Bonchev–Trinajstić information content (AvgIpc) is 2.26. The largest absolute Gasteiger partial charge is 0.300 e. The van der Waals surface area contributed by atoms with Crippen LogP contribution in [-0.4, -0.2) is 28.8 Å². The van der Waals surface area contributed by atoms with E-state index in [0.29, 0.717) is 0 Å². The lowest BCUT2D eigenvalue weighted by molar-refractivity contribution is 0.0486. The molecule has 1 aliphatic rings. The Balaban J connectivity index is 2.97. The van der Waals surface area contributed by atoms with E-state index < -0.39 is 0 Å². The molecule has 0 saturated carbocycles. The maximum atomic E-state index is 5.11. The Kier molecular flexibility index (Phi) is 5.61. The van der Waals surface area contributed by atoms with Crippen LogP contribution in [0, 0.1) is 11.8 Å². The van der Waals surface area contributed by atoms with Gasteiger partial charge in [-0.3, -0.25) is 4.90 Å². The van der Waals surface area contributed by atoms with Crippen LogP contribution in [0.25, 0.3) is 0 Å². The summed E-state index contributed by atoms with van der Waals surface area (Å²) in [5.74, 6) is 1.58. The third-order valence-electron chi connectivity index (χ3n) is 5.38. The van der Waals surface area contributed by atoms with Crippen LogP contribution in [0.2, 0.25) is 0 Å². The van der Waals surface area contributed by atoms with Crippen molar-refractivity contribution < 1.29 is 0 Å². The van der Waals surface area contributed by atoms with E-state index in [0.717, 1.165) is 11.8 Å². The van der Waals surface area contributed by atoms with Gasteiger partial charge in [0.1, 0.15) is 0 Å². The van der Waals surface area contributed by atoms with E-state index in [1.807, 2.05) is 0 Å². The van der Waals surface area contributed by atoms with E-state index in [9.17, 15) is 0 Å². The highest BCUT2D eigenvalue weighted by atomic mass is 32.1. The maximum absolute atomic E-state index is 5.11. The zero-order chi connectivity index (χ0) is 14.0. The van der Waals surface area contributed by atoms with Crippen molar-refractivity contribution in [3.63, 3.8) is 0 Å². The molecule has 1 saturated heterocycles. The Hall–Kier alpha value is 0.310. The molecule has 1 nitrogen and oxygen atoms in total. The van der Waals surface area contributed by atoms with Gasteiger partial charge in [-0.25, -0.2) is 0 Å². The van der Waals surface area contributed by atoms with Crippen LogP contribution in [0.15, 0.2) is 0 Å². The zero-order valence-electron chi connectivity index (χ0n) is 13.3. The summed E-state index contributed by atoms with van der Waals surface area (Å²) in [7, 11) is 2.30. The van der Waals surface area contributed by atoms with E-state index >= 15 is 0 Å². The first-order valence-corrected chi connectivity index (χ1v) is 8.11. The number of hydrogen-bond donors (Lipinski definition) is 1. The van der Waals surface area contributed by atoms with Crippen LogP contribution < -0.4 is 0 Å². The number of hydrogen-bond acceptors (Lipinski definition) is 2. The van der Waals surface area contributed by atoms with Crippen LogP contribution in [0.4, 0.5) is 0 Å². The standard InChI is InChI=1S/C16H33NS/c1-7-13(2)11-15(4)16(5,18)12-14(3)9-8-10-17(15)6/h13-14,18H,7-12H2,1-6H3. The van der Waals surface area contributed by atoms with Gasteiger partial charge in [-0.15, -0.1) is 0 Å². The molecule has 1 fully saturated rings. The van der Waals surface area contributed by atoms with Gasteiger partial charge >= 0.3 is 0 Å². The molecule has 0 aliphatic carbocycles. The summed E-state index contributed by atoms with van der Waals surface area (Å²) in [6.07, 6.45) is 6.43. The first kappa shape index (κ1) is 16.4. The molecule has 108 valence electrons. The summed E-state index contributed by atoms with van der Waals surface area (Å²) in [5, 5.41) is 0. The highest BCUT2D eigenvalue weighted by Crippen LogP contribution is 2.44. The van der Waals surface area contributed by atoms with Gasteiger partial charge < -0.3 is 0 Å². The summed E-state index contributed by atoms with van der Waals surface area (Å²) in [6.45, 7) is 13.1. The molecule has 1 aliphatic heterocycles. The predicted molar refractivity (Wildman–Crippen MR) is 85.5 cm³/mol. The highest BCUT2D eigenvalue weighted by molar-refractivity contribution is 7.81. The van der Waals surface area contributed by atoms with Crippen molar-refractivity contribution in [2.75, 3.05) is 13.6 Å². The zero-order valence-corrected chi connectivity index (χ0v) is 14.2. The number of rotatable bonds is 3. The summed E-state index contributed by atoms with van der Waals surface area (Å²) >= 11 is 5.11. The normalized spacial score (nSPS) is 41.2. The van der Waals surface area contributed by atoms with Crippen molar-refractivity contribution in [2.24, 2.45) is 11.8 Å². The fraction of sp³-hybridized carbons (Fsp3) is 1.00. The molecular formula is C16H33NS. The molecule has 4 unspecified atom stereocenters. The smallest absolute Gasteiger partial charge is 0.0322 e. The minimum atomic E-state index is 0.102. The Labute approximate surface area is 120 Å². The molecule has 0 aromatic carbocycles. The van der Waals surface area contributed by atoms with Gasteiger partial charge in [0.15, 0.2) is 0 Å². The van der Waals surface area contributed by atoms with Crippen molar-refractivity contribution in [1.82, 2.24) is 4.90 Å². The molecule has 18 heavy (non-hydrogen) atoms. The topological polar surface area (TPSA) is 3.24 Å². The van der Waals surface area contributed by atoms with Gasteiger partial charge in [0.25, 0.3) is 0 Å². The average molecular weight is 272 g/mol. The van der Waals surface area contributed by atoms with Crippen LogP contribution >= 0.6 is 12.6 Å². The first-order valence-electron chi connectivity index (χ1n) is 7.66. The van der Waals surface area contributed by atoms with E-state index in [4.69, 9.17) is 12.6 Å². The quantitative estimate of drug-likeness (QED) is 0.733. The van der Waals surface area contributed by atoms with E-state index in [1.54, 1.807) is 0 Å². The van der Waals surface area contributed by atoms with E-state index in [1.165, 1.54) is 38.6 Å². The van der Waals surface area contributed by atoms with Crippen molar-refractivity contribution in [2.45, 2.75) is 77.0 Å². The van der Waals surface area contributed by atoms with Crippen molar-refractivity contribution >= 4 is 12.6 Å². The fourth-order valence-electron chi connectivity index (χ4n) is 3.53.